The topological polar surface area (TPSA) is 57.5 Å². The molecule has 0 aliphatic heterocycles. The number of carboxylic acid groups (broad SMARTS) is 1. The zero-order valence-electron chi connectivity index (χ0n) is 17.4. The molecule has 8 atom stereocenters. The van der Waals surface area contributed by atoms with E-state index in [0.29, 0.717) is 41.4 Å². The molecule has 0 saturated heterocycles. The molecule has 0 aromatic heterocycles. The molecule has 3 rings (SSSR count). The predicted octanol–water partition coefficient (Wildman–Crippen LogP) is 5.08. The van der Waals surface area contributed by atoms with Crippen LogP contribution in [-0.2, 0) is 4.79 Å². The summed E-state index contributed by atoms with van der Waals surface area (Å²) >= 11 is 0. The van der Waals surface area contributed by atoms with Crippen LogP contribution in [0.2, 0.25) is 0 Å². The molecule has 0 spiro atoms. The molecule has 0 bridgehead atoms. The fourth-order valence-corrected chi connectivity index (χ4v) is 6.66. The van der Waals surface area contributed by atoms with Crippen molar-refractivity contribution in [3.05, 3.63) is 36.0 Å². The first-order valence-electron chi connectivity index (χ1n) is 10.6. The third-order valence-corrected chi connectivity index (χ3v) is 7.58. The number of hydrogen-bond donors (Lipinski definition) is 2. The van der Waals surface area contributed by atoms with Crippen molar-refractivity contribution in [3.8, 4) is 0 Å². The van der Waals surface area contributed by atoms with Crippen LogP contribution in [0.3, 0.4) is 0 Å². The first kappa shape index (κ1) is 20.4. The lowest BCUT2D eigenvalue weighted by Crippen LogP contribution is -2.49. The molecule has 27 heavy (non-hydrogen) atoms. The lowest BCUT2D eigenvalue weighted by atomic mass is 9.53. The van der Waals surface area contributed by atoms with Gasteiger partial charge in [0, 0.05) is 6.08 Å². The third kappa shape index (κ3) is 3.81. The van der Waals surface area contributed by atoms with Crippen LogP contribution in [0.4, 0.5) is 0 Å². The van der Waals surface area contributed by atoms with Crippen LogP contribution >= 0.6 is 0 Å². The lowest BCUT2D eigenvalue weighted by molar-refractivity contribution is -0.131. The van der Waals surface area contributed by atoms with Crippen LogP contribution < -0.4 is 0 Å². The molecule has 150 valence electrons. The summed E-state index contributed by atoms with van der Waals surface area (Å²) in [6.07, 6.45) is 12.4. The Morgan fingerprint density at radius 1 is 1.19 bits per heavy atom. The highest BCUT2D eigenvalue weighted by atomic mass is 16.4. The van der Waals surface area contributed by atoms with Gasteiger partial charge in [-0.25, -0.2) is 4.79 Å². The Kier molecular flexibility index (Phi) is 5.72. The van der Waals surface area contributed by atoms with E-state index in [-0.39, 0.29) is 11.5 Å². The molecule has 0 aromatic rings. The van der Waals surface area contributed by atoms with Crippen LogP contribution in [0.1, 0.15) is 53.9 Å². The number of allylic oxidation sites excluding steroid dienone is 5. The Balaban J connectivity index is 2.00. The van der Waals surface area contributed by atoms with Gasteiger partial charge in [-0.2, -0.15) is 0 Å². The van der Waals surface area contributed by atoms with Gasteiger partial charge in [-0.05, 0) is 73.0 Å². The van der Waals surface area contributed by atoms with Crippen LogP contribution in [0.15, 0.2) is 36.0 Å². The fraction of sp³-hybridized carbons (Fsp3) is 0.708. The number of aliphatic hydroxyl groups is 1. The Morgan fingerprint density at radius 3 is 2.52 bits per heavy atom. The number of carboxylic acids is 1. The molecule has 3 saturated carbocycles. The largest absolute Gasteiger partial charge is 0.478 e. The number of rotatable bonds is 5. The number of aliphatic hydroxyl groups excluding tert-OH is 1. The quantitative estimate of drug-likeness (QED) is 0.402. The van der Waals surface area contributed by atoms with Gasteiger partial charge in [-0.1, -0.05) is 57.6 Å². The number of hydrogen-bond acceptors (Lipinski definition) is 2. The fourth-order valence-electron chi connectivity index (χ4n) is 6.66. The van der Waals surface area contributed by atoms with E-state index in [0.717, 1.165) is 12.8 Å². The summed E-state index contributed by atoms with van der Waals surface area (Å²) in [5.41, 5.74) is 1.73. The first-order valence-corrected chi connectivity index (χ1v) is 10.6. The molecule has 0 heterocycles. The second kappa shape index (κ2) is 7.58. The van der Waals surface area contributed by atoms with Crippen molar-refractivity contribution in [2.45, 2.75) is 60.0 Å². The first-order chi connectivity index (χ1) is 12.7. The minimum atomic E-state index is -0.913. The van der Waals surface area contributed by atoms with Gasteiger partial charge in [0.2, 0.25) is 0 Å². The van der Waals surface area contributed by atoms with Crippen molar-refractivity contribution in [2.75, 3.05) is 0 Å². The maximum atomic E-state index is 10.8. The van der Waals surface area contributed by atoms with Crippen LogP contribution in [0, 0.1) is 46.8 Å². The van der Waals surface area contributed by atoms with Crippen LogP contribution in [-0.4, -0.2) is 22.3 Å². The molecule has 0 aromatic carbocycles. The van der Waals surface area contributed by atoms with E-state index in [4.69, 9.17) is 5.11 Å². The van der Waals surface area contributed by atoms with Crippen LogP contribution in [0.25, 0.3) is 0 Å². The van der Waals surface area contributed by atoms with E-state index < -0.39 is 5.97 Å². The SMILES string of the molecule is C/C(=C\C(C)C)[C@H]1[C@@H](/C=C/C=C/C(=O)O)C2[C@@H]([C@H]3C[C@]31C)[C@@H](O)CC[C@@H]2C. The molecule has 3 fully saturated rings. The van der Waals surface area contributed by atoms with Crippen molar-refractivity contribution in [1.82, 2.24) is 0 Å². The smallest absolute Gasteiger partial charge is 0.328 e. The third-order valence-electron chi connectivity index (χ3n) is 7.58. The molecule has 0 amide bonds. The second-order valence-electron chi connectivity index (χ2n) is 9.89. The van der Waals surface area contributed by atoms with Gasteiger partial charge in [-0.3, -0.25) is 0 Å². The zero-order valence-corrected chi connectivity index (χ0v) is 17.4. The Morgan fingerprint density at radius 2 is 1.89 bits per heavy atom. The van der Waals surface area contributed by atoms with Crippen molar-refractivity contribution in [1.29, 1.82) is 0 Å². The van der Waals surface area contributed by atoms with E-state index in [1.165, 1.54) is 18.1 Å². The minimum absolute atomic E-state index is 0.182. The molecule has 1 unspecified atom stereocenters. The Bertz CT molecular complexity index is 659. The number of carbonyl (C=O) groups is 1. The second-order valence-corrected chi connectivity index (χ2v) is 9.89. The highest BCUT2D eigenvalue weighted by Crippen LogP contribution is 2.73. The number of aliphatic carboxylic acids is 1. The van der Waals surface area contributed by atoms with Gasteiger partial charge in [0.05, 0.1) is 6.10 Å². The summed E-state index contributed by atoms with van der Waals surface area (Å²) in [6, 6.07) is 0. The van der Waals surface area contributed by atoms with E-state index in [2.05, 4.69) is 46.8 Å². The average Bonchev–Trinajstić information content (AvgIpc) is 3.24. The van der Waals surface area contributed by atoms with Gasteiger partial charge in [0.25, 0.3) is 0 Å². The molecule has 0 radical (unpaired) electrons. The van der Waals surface area contributed by atoms with Crippen molar-refractivity contribution in [3.63, 3.8) is 0 Å². The predicted molar refractivity (Wildman–Crippen MR) is 109 cm³/mol. The van der Waals surface area contributed by atoms with Crippen LogP contribution in [0.5, 0.6) is 0 Å². The average molecular weight is 373 g/mol. The molecule has 3 aliphatic rings. The number of fused-ring (bicyclic) bond motifs is 3. The monoisotopic (exact) mass is 372 g/mol. The standard InChI is InChI=1S/C24H36O3/c1-14(2)12-16(4)23-17(8-6-7-9-20(26)27)21-15(3)10-11-19(25)22(21)18-13-24(18,23)5/h6-9,12,14-15,17-19,21-23,25H,10-11,13H2,1-5H3,(H,26,27)/b8-6+,9-7+,16-12+/t15-,17-,18+,19-,21?,22-,23-,24+/m0/s1. The summed E-state index contributed by atoms with van der Waals surface area (Å²) in [5.74, 6) is 2.53. The van der Waals surface area contributed by atoms with Crippen molar-refractivity contribution >= 4 is 5.97 Å². The molecule has 3 nitrogen and oxygen atoms in total. The van der Waals surface area contributed by atoms with Crippen molar-refractivity contribution < 1.29 is 15.0 Å². The van der Waals surface area contributed by atoms with Gasteiger partial charge in [0.15, 0.2) is 0 Å². The van der Waals surface area contributed by atoms with Gasteiger partial charge >= 0.3 is 5.97 Å². The Labute approximate surface area is 164 Å². The summed E-state index contributed by atoms with van der Waals surface area (Å²) < 4.78 is 0. The van der Waals surface area contributed by atoms with E-state index in [1.807, 2.05) is 6.08 Å². The summed E-state index contributed by atoms with van der Waals surface area (Å²) in [4.78, 5) is 10.8. The minimum Gasteiger partial charge on any atom is -0.478 e. The normalized spacial score (nSPS) is 44.6. The van der Waals surface area contributed by atoms with Gasteiger partial charge in [0.1, 0.15) is 0 Å². The van der Waals surface area contributed by atoms with E-state index >= 15 is 0 Å². The van der Waals surface area contributed by atoms with Gasteiger partial charge < -0.3 is 10.2 Å². The summed E-state index contributed by atoms with van der Waals surface area (Å²) in [7, 11) is 0. The molecule has 2 N–H and O–H groups in total. The molecule has 3 aliphatic carbocycles. The zero-order chi connectivity index (χ0) is 19.9. The van der Waals surface area contributed by atoms with Crippen molar-refractivity contribution in [2.24, 2.45) is 46.8 Å². The molecular weight excluding hydrogens is 336 g/mol. The summed E-state index contributed by atoms with van der Waals surface area (Å²) in [5, 5.41) is 19.7. The molecular formula is C24H36O3. The van der Waals surface area contributed by atoms with Gasteiger partial charge in [-0.15, -0.1) is 0 Å². The highest BCUT2D eigenvalue weighted by molar-refractivity contribution is 5.80. The maximum Gasteiger partial charge on any atom is 0.328 e. The lowest BCUT2D eigenvalue weighted by Gasteiger charge is -2.52. The van der Waals surface area contributed by atoms with E-state index in [9.17, 15) is 9.90 Å². The molecule has 3 heteroatoms. The van der Waals surface area contributed by atoms with E-state index in [1.54, 1.807) is 6.08 Å². The maximum absolute atomic E-state index is 10.8. The Hall–Kier alpha value is -1.35. The summed E-state index contributed by atoms with van der Waals surface area (Å²) in [6.45, 7) is 11.5. The highest BCUT2D eigenvalue weighted by Gasteiger charge is 2.68.